The highest BCUT2D eigenvalue weighted by molar-refractivity contribution is 5.91. The van der Waals surface area contributed by atoms with Gasteiger partial charge in [-0.25, -0.2) is 9.63 Å². The lowest BCUT2D eigenvalue weighted by atomic mass is 10.2. The number of aliphatic hydroxyl groups is 2. The van der Waals surface area contributed by atoms with E-state index in [1.54, 1.807) is 0 Å². The number of rotatable bonds is 2. The fourth-order valence-corrected chi connectivity index (χ4v) is 2.29. The second-order valence-electron chi connectivity index (χ2n) is 4.50. The number of quaternary nitrogens is 1. The molecule has 2 aliphatic heterocycles. The van der Waals surface area contributed by atoms with Crippen molar-refractivity contribution in [1.29, 1.82) is 0 Å². The zero-order valence-corrected chi connectivity index (χ0v) is 9.88. The second-order valence-corrected chi connectivity index (χ2v) is 4.50. The van der Waals surface area contributed by atoms with Gasteiger partial charge in [-0.1, -0.05) is 0 Å². The number of ether oxygens (including phenoxy) is 1. The highest BCUT2D eigenvalue weighted by atomic mass is 16.6. The Hall–Kier alpha value is -1.65. The topological polar surface area (TPSA) is 137 Å². The monoisotopic (exact) mass is 267 g/mol. The van der Waals surface area contributed by atoms with Gasteiger partial charge in [-0.05, 0) is 0 Å². The molecule has 0 amide bonds. The lowest BCUT2D eigenvalue weighted by Crippen LogP contribution is -2.50. The number of anilines is 1. The Morgan fingerprint density at radius 3 is 3.00 bits per heavy atom. The van der Waals surface area contributed by atoms with Gasteiger partial charge in [0.2, 0.25) is 6.23 Å². The van der Waals surface area contributed by atoms with Crippen LogP contribution in [0.3, 0.4) is 0 Å². The first-order valence-corrected chi connectivity index (χ1v) is 5.76. The third-order valence-electron chi connectivity index (χ3n) is 3.33. The molecular weight excluding hydrogens is 254 g/mol. The van der Waals surface area contributed by atoms with Crippen LogP contribution in [0, 0.1) is 5.21 Å². The Labute approximate surface area is 108 Å². The molecule has 0 aliphatic carbocycles. The average Bonchev–Trinajstić information content (AvgIpc) is 2.93. The first-order valence-electron chi connectivity index (χ1n) is 5.76. The molecule has 0 aromatic carbocycles. The smallest absolute Gasteiger partial charge is 0.267 e. The lowest BCUT2D eigenvalue weighted by Gasteiger charge is -2.37. The number of aliphatic imine (C=N–C) groups is 1. The maximum Gasteiger partial charge on any atom is 0.267 e. The zero-order chi connectivity index (χ0) is 13.6. The van der Waals surface area contributed by atoms with Crippen LogP contribution in [0.2, 0.25) is 0 Å². The van der Waals surface area contributed by atoms with Crippen LogP contribution in [-0.2, 0) is 4.74 Å². The van der Waals surface area contributed by atoms with E-state index in [-0.39, 0.29) is 30.4 Å². The van der Waals surface area contributed by atoms with Gasteiger partial charge >= 0.3 is 0 Å². The Bertz CT molecular complexity index is 539. The first-order chi connectivity index (χ1) is 9.06. The Kier molecular flexibility index (Phi) is 2.73. The summed E-state index contributed by atoms with van der Waals surface area (Å²) in [4.78, 5) is 11.6. The number of fused-ring (bicyclic) bond motifs is 1. The van der Waals surface area contributed by atoms with E-state index in [0.29, 0.717) is 0 Å². The van der Waals surface area contributed by atoms with Gasteiger partial charge in [-0.15, -0.1) is 0 Å². The summed E-state index contributed by atoms with van der Waals surface area (Å²) in [5, 5.41) is 31.6. The normalized spacial score (nSPS) is 36.7. The zero-order valence-electron chi connectivity index (χ0n) is 9.88. The summed E-state index contributed by atoms with van der Waals surface area (Å²) < 4.78 is 4.31. The van der Waals surface area contributed by atoms with Crippen LogP contribution in [0.5, 0.6) is 0 Å². The van der Waals surface area contributed by atoms with Crippen molar-refractivity contribution in [3.8, 4) is 0 Å². The Morgan fingerprint density at radius 1 is 1.53 bits per heavy atom. The number of nitrogens with zero attached hydrogens (tertiary/aromatic N) is 4. The van der Waals surface area contributed by atoms with Crippen molar-refractivity contribution in [2.24, 2.45) is 4.99 Å². The van der Waals surface area contributed by atoms with Crippen molar-refractivity contribution < 1.29 is 14.9 Å². The van der Waals surface area contributed by atoms with Gasteiger partial charge in [0.1, 0.15) is 12.4 Å². The first kappa shape index (κ1) is 12.4. The minimum Gasteiger partial charge on any atom is -0.618 e. The van der Waals surface area contributed by atoms with Crippen molar-refractivity contribution >= 4 is 23.7 Å². The summed E-state index contributed by atoms with van der Waals surface area (Å²) in [5.74, 6) is 0.206. The van der Waals surface area contributed by atoms with Crippen LogP contribution in [0.15, 0.2) is 11.3 Å². The van der Waals surface area contributed by atoms with Crippen LogP contribution >= 0.6 is 0 Å². The molecule has 0 bridgehead atoms. The van der Waals surface area contributed by atoms with E-state index in [4.69, 9.17) is 15.6 Å². The summed E-state index contributed by atoms with van der Waals surface area (Å²) >= 11 is 0. The van der Waals surface area contributed by atoms with Crippen LogP contribution in [-0.4, -0.2) is 51.6 Å². The van der Waals surface area contributed by atoms with Crippen LogP contribution in [0.1, 0.15) is 6.42 Å². The van der Waals surface area contributed by atoms with Crippen molar-refractivity contribution in [2.45, 2.75) is 24.9 Å². The van der Waals surface area contributed by atoms with Gasteiger partial charge in [-0.3, -0.25) is 0 Å². The van der Waals surface area contributed by atoms with Crippen LogP contribution in [0.4, 0.5) is 17.3 Å². The highest BCUT2D eigenvalue weighted by Crippen LogP contribution is 2.42. The number of hydrogen-bond donors (Lipinski definition) is 3. The van der Waals surface area contributed by atoms with E-state index in [1.807, 2.05) is 0 Å². The highest BCUT2D eigenvalue weighted by Gasteiger charge is 2.47. The molecule has 19 heavy (non-hydrogen) atoms. The molecule has 1 aromatic rings. The third kappa shape index (κ3) is 1.71. The van der Waals surface area contributed by atoms with Gasteiger partial charge in [0.15, 0.2) is 17.8 Å². The largest absolute Gasteiger partial charge is 0.618 e. The van der Waals surface area contributed by atoms with E-state index < -0.39 is 23.1 Å². The predicted molar refractivity (Wildman–Crippen MR) is 66.1 cm³/mol. The van der Waals surface area contributed by atoms with E-state index in [0.717, 1.165) is 6.34 Å². The maximum absolute atomic E-state index is 12.8. The molecule has 102 valence electrons. The molecule has 1 saturated heterocycles. The lowest BCUT2D eigenvalue weighted by molar-refractivity contribution is -0.0460. The molecule has 1 aromatic heterocycles. The molecule has 0 saturated carbocycles. The second kappa shape index (κ2) is 4.18. The minimum atomic E-state index is -1.06. The molecule has 2 aliphatic rings. The van der Waals surface area contributed by atoms with E-state index in [2.05, 4.69) is 15.0 Å². The van der Waals surface area contributed by atoms with E-state index in [9.17, 15) is 10.3 Å². The summed E-state index contributed by atoms with van der Waals surface area (Å²) in [6.45, 7) is -0.354. The van der Waals surface area contributed by atoms with Gasteiger partial charge in [0, 0.05) is 0 Å². The number of hydrogen-bond acceptors (Lipinski definition) is 8. The minimum absolute atomic E-state index is 0.0864. The fraction of sp³-hybridized carbons (Fsp3) is 0.500. The summed E-state index contributed by atoms with van der Waals surface area (Å²) in [5.41, 5.74) is 5.85. The maximum atomic E-state index is 12.8. The fourth-order valence-electron chi connectivity index (χ4n) is 2.29. The number of aromatic nitrogens is 2. The molecule has 3 heterocycles. The summed E-state index contributed by atoms with van der Waals surface area (Å²) in [7, 11) is 0. The molecule has 4 atom stereocenters. The summed E-state index contributed by atoms with van der Waals surface area (Å²) in [6, 6.07) is 0. The van der Waals surface area contributed by atoms with Crippen molar-refractivity contribution in [1.82, 2.24) is 14.6 Å². The number of hydroxylamine groups is 2. The molecule has 3 rings (SSSR count). The SMILES string of the molecule is Nc1ncnc2c1N=C[N+]2([O-])[C@H]1C[C@H](O)[C@@H](CO)O1. The van der Waals surface area contributed by atoms with Gasteiger partial charge in [-0.2, -0.15) is 9.98 Å². The van der Waals surface area contributed by atoms with Crippen LogP contribution in [0.25, 0.3) is 0 Å². The molecule has 1 fully saturated rings. The van der Waals surface area contributed by atoms with E-state index in [1.165, 1.54) is 6.33 Å². The average molecular weight is 267 g/mol. The van der Waals surface area contributed by atoms with Crippen LogP contribution < -0.4 is 10.4 Å². The number of nitrogens with two attached hydrogens (primary N) is 1. The van der Waals surface area contributed by atoms with Gasteiger partial charge < -0.3 is 25.9 Å². The van der Waals surface area contributed by atoms with Crippen molar-refractivity contribution in [3.63, 3.8) is 0 Å². The van der Waals surface area contributed by atoms with Crippen molar-refractivity contribution in [3.05, 3.63) is 11.5 Å². The predicted octanol–water partition coefficient (Wildman–Crippen LogP) is -0.995. The number of aliphatic hydroxyl groups excluding tert-OH is 2. The summed E-state index contributed by atoms with van der Waals surface area (Å²) in [6.07, 6.45) is -0.188. The van der Waals surface area contributed by atoms with E-state index >= 15 is 0 Å². The Morgan fingerprint density at radius 2 is 2.32 bits per heavy atom. The third-order valence-corrected chi connectivity index (χ3v) is 3.33. The van der Waals surface area contributed by atoms with Gasteiger partial charge in [0.25, 0.3) is 5.82 Å². The molecule has 1 unspecified atom stereocenters. The molecule has 4 N–H and O–H groups in total. The van der Waals surface area contributed by atoms with Crippen molar-refractivity contribution in [2.75, 3.05) is 12.3 Å². The quantitative estimate of drug-likeness (QED) is 0.462. The molecule has 9 nitrogen and oxygen atoms in total. The van der Waals surface area contributed by atoms with Gasteiger partial charge in [0.05, 0.1) is 19.1 Å². The molecule has 0 radical (unpaired) electrons. The molecule has 0 spiro atoms. The standard InChI is InChI=1S/C10H13N5O4/c11-9-8-10(13-3-12-9)15(18,4-14-8)7-1-5(17)6(2-16)19-7/h3-7,16-17H,1-2H2,(H2,11,12,13)/t5-,6+,7+,15?/m0/s1. The Balaban J connectivity index is 1.96. The number of nitrogen functional groups attached to an aromatic ring is 1. The molecular formula is C10H13N5O4. The molecule has 9 heteroatoms.